The lowest BCUT2D eigenvalue weighted by molar-refractivity contribution is 0.0951. The van der Waals surface area contributed by atoms with Gasteiger partial charge in [-0.05, 0) is 66.2 Å². The predicted molar refractivity (Wildman–Crippen MR) is 110 cm³/mol. The molecule has 0 bridgehead atoms. The molecule has 1 atom stereocenters. The van der Waals surface area contributed by atoms with E-state index in [9.17, 15) is 13.6 Å². The number of benzene rings is 1. The second-order valence-electron chi connectivity index (χ2n) is 7.40. The Morgan fingerprint density at radius 2 is 2.03 bits per heavy atom. The van der Waals surface area contributed by atoms with E-state index in [1.165, 1.54) is 12.3 Å². The zero-order valence-corrected chi connectivity index (χ0v) is 16.9. The summed E-state index contributed by atoms with van der Waals surface area (Å²) in [7, 11) is 0. The molecule has 0 radical (unpaired) electrons. The van der Waals surface area contributed by atoms with Crippen LogP contribution < -0.4 is 5.32 Å². The van der Waals surface area contributed by atoms with Gasteiger partial charge < -0.3 is 9.87 Å². The quantitative estimate of drug-likeness (QED) is 0.500. The lowest BCUT2D eigenvalue weighted by Crippen LogP contribution is -2.25. The van der Waals surface area contributed by atoms with Crippen molar-refractivity contribution in [1.29, 1.82) is 0 Å². The average Bonchev–Trinajstić information content (AvgIpc) is 3.25. The van der Waals surface area contributed by atoms with Crippen LogP contribution in [-0.2, 0) is 11.1 Å². The summed E-state index contributed by atoms with van der Waals surface area (Å²) in [6, 6.07) is 9.08. The van der Waals surface area contributed by atoms with Crippen LogP contribution in [0.1, 0.15) is 28.8 Å². The van der Waals surface area contributed by atoms with Crippen molar-refractivity contribution in [3.8, 4) is 16.9 Å². The lowest BCUT2D eigenvalue weighted by Gasteiger charge is -2.08. The van der Waals surface area contributed by atoms with Gasteiger partial charge in [-0.15, -0.1) is 0 Å². The number of pyridine rings is 1. The number of hydrogen-bond acceptors (Lipinski definition) is 5. The van der Waals surface area contributed by atoms with E-state index < -0.39 is 11.1 Å². The van der Waals surface area contributed by atoms with Crippen molar-refractivity contribution in [1.82, 2.24) is 24.5 Å². The van der Waals surface area contributed by atoms with Crippen LogP contribution in [-0.4, -0.2) is 39.9 Å². The summed E-state index contributed by atoms with van der Waals surface area (Å²) in [6.45, 7) is 1.99. The van der Waals surface area contributed by atoms with Crippen LogP contribution in [0, 0.1) is 6.92 Å². The summed E-state index contributed by atoms with van der Waals surface area (Å²) >= 11 is -2.33. The zero-order valence-electron chi connectivity index (χ0n) is 16.1. The van der Waals surface area contributed by atoms with E-state index in [-0.39, 0.29) is 10.8 Å². The first-order valence-electron chi connectivity index (χ1n) is 9.53. The van der Waals surface area contributed by atoms with Crippen molar-refractivity contribution >= 4 is 22.6 Å². The molecule has 152 valence electrons. The standard InChI is InChI=1S/C21H19N5O3S/c1-13-2-3-14(21(27)24-16-4-5-16)8-18(13)15-9-23-26(11-15)20-10-22-19-7-6-17(30(28)29)12-25(19)20/h2-3,6-12,16H,4-5H2,1H3,(H,24,27)(H,28,29)/p-1. The Balaban J connectivity index is 1.51. The number of amides is 1. The second-order valence-corrected chi connectivity index (χ2v) is 8.34. The Hall–Kier alpha value is -3.30. The molecule has 0 spiro atoms. The molecule has 1 aliphatic rings. The molecule has 4 aromatic rings. The molecule has 1 aromatic carbocycles. The topological polar surface area (TPSA) is 104 Å². The maximum Gasteiger partial charge on any atom is 0.251 e. The number of carbonyl (C=O) groups is 1. The molecular formula is C21H18N5O3S-. The lowest BCUT2D eigenvalue weighted by atomic mass is 10.0. The van der Waals surface area contributed by atoms with E-state index in [4.69, 9.17) is 0 Å². The van der Waals surface area contributed by atoms with Gasteiger partial charge in [0, 0.05) is 34.5 Å². The van der Waals surface area contributed by atoms with E-state index in [0.29, 0.717) is 23.1 Å². The Morgan fingerprint density at radius 3 is 2.80 bits per heavy atom. The third-order valence-corrected chi connectivity index (χ3v) is 5.82. The van der Waals surface area contributed by atoms with Gasteiger partial charge in [-0.1, -0.05) is 6.07 Å². The van der Waals surface area contributed by atoms with Gasteiger partial charge >= 0.3 is 0 Å². The summed E-state index contributed by atoms with van der Waals surface area (Å²) in [5, 5.41) is 7.44. The van der Waals surface area contributed by atoms with Gasteiger partial charge in [0.05, 0.1) is 12.4 Å². The fourth-order valence-corrected chi connectivity index (χ4v) is 3.74. The molecule has 3 heterocycles. The molecule has 1 aliphatic carbocycles. The zero-order chi connectivity index (χ0) is 20.8. The third-order valence-electron chi connectivity index (χ3n) is 5.19. The highest BCUT2D eigenvalue weighted by atomic mass is 32.2. The summed E-state index contributed by atoms with van der Waals surface area (Å²) in [6.07, 6.45) is 8.79. The Bertz CT molecular complexity index is 1310. The summed E-state index contributed by atoms with van der Waals surface area (Å²) in [5.41, 5.74) is 4.03. The number of nitrogens with zero attached hydrogens (tertiary/aromatic N) is 4. The molecule has 3 aromatic heterocycles. The first-order valence-corrected chi connectivity index (χ1v) is 10.6. The van der Waals surface area contributed by atoms with Gasteiger partial charge in [-0.2, -0.15) is 5.10 Å². The highest BCUT2D eigenvalue weighted by Crippen LogP contribution is 2.26. The van der Waals surface area contributed by atoms with Crippen molar-refractivity contribution in [2.75, 3.05) is 0 Å². The summed E-state index contributed by atoms with van der Waals surface area (Å²) in [5.74, 6) is 0.551. The Morgan fingerprint density at radius 1 is 1.20 bits per heavy atom. The molecule has 0 aliphatic heterocycles. The first kappa shape index (κ1) is 18.7. The second kappa shape index (κ2) is 7.19. The molecule has 1 N–H and O–H groups in total. The fourth-order valence-electron chi connectivity index (χ4n) is 3.37. The number of fused-ring (bicyclic) bond motifs is 1. The van der Waals surface area contributed by atoms with Crippen LogP contribution in [0.5, 0.6) is 0 Å². The Labute approximate surface area is 174 Å². The third kappa shape index (κ3) is 3.42. The van der Waals surface area contributed by atoms with Gasteiger partial charge in [0.25, 0.3) is 5.91 Å². The molecule has 9 heteroatoms. The molecular weight excluding hydrogens is 402 g/mol. The van der Waals surface area contributed by atoms with Crippen LogP contribution in [0.25, 0.3) is 22.6 Å². The largest absolute Gasteiger partial charge is 0.768 e. The molecule has 1 saturated carbocycles. The van der Waals surface area contributed by atoms with Crippen LogP contribution in [0.4, 0.5) is 0 Å². The van der Waals surface area contributed by atoms with Crippen molar-refractivity contribution in [2.45, 2.75) is 30.7 Å². The van der Waals surface area contributed by atoms with Gasteiger partial charge in [0.1, 0.15) is 5.65 Å². The molecule has 1 fully saturated rings. The van der Waals surface area contributed by atoms with E-state index in [2.05, 4.69) is 15.4 Å². The molecule has 1 unspecified atom stereocenters. The molecule has 30 heavy (non-hydrogen) atoms. The first-order chi connectivity index (χ1) is 14.5. The van der Waals surface area contributed by atoms with Crippen molar-refractivity contribution in [2.24, 2.45) is 0 Å². The highest BCUT2D eigenvalue weighted by molar-refractivity contribution is 7.79. The summed E-state index contributed by atoms with van der Waals surface area (Å²) < 4.78 is 25.9. The summed E-state index contributed by atoms with van der Waals surface area (Å²) in [4.78, 5) is 16.9. The number of rotatable bonds is 5. The minimum Gasteiger partial charge on any atom is -0.768 e. The molecule has 5 rings (SSSR count). The van der Waals surface area contributed by atoms with Crippen LogP contribution in [0.15, 0.2) is 60.0 Å². The van der Waals surface area contributed by atoms with Gasteiger partial charge in [-0.3, -0.25) is 13.4 Å². The van der Waals surface area contributed by atoms with Crippen molar-refractivity contribution < 1.29 is 13.6 Å². The van der Waals surface area contributed by atoms with E-state index >= 15 is 0 Å². The average molecular weight is 420 g/mol. The van der Waals surface area contributed by atoms with E-state index in [1.54, 1.807) is 27.5 Å². The molecule has 1 amide bonds. The number of imidazole rings is 1. The smallest absolute Gasteiger partial charge is 0.251 e. The van der Waals surface area contributed by atoms with E-state index in [1.807, 2.05) is 31.3 Å². The maximum atomic E-state index is 12.4. The number of aromatic nitrogens is 4. The van der Waals surface area contributed by atoms with E-state index in [0.717, 1.165) is 29.5 Å². The fraction of sp³-hybridized carbons (Fsp3) is 0.190. The minimum absolute atomic E-state index is 0.0638. The SMILES string of the molecule is Cc1ccc(C(=O)NC2CC2)cc1-c1cnn(-c2cnc3ccc(S(=O)[O-])cn23)c1. The maximum absolute atomic E-state index is 12.4. The van der Waals surface area contributed by atoms with Crippen LogP contribution >= 0.6 is 0 Å². The minimum atomic E-state index is -2.33. The normalized spacial score (nSPS) is 14.7. The predicted octanol–water partition coefficient (Wildman–Crippen LogP) is 2.63. The van der Waals surface area contributed by atoms with Crippen LogP contribution in [0.2, 0.25) is 0 Å². The number of aryl methyl sites for hydroxylation is 1. The van der Waals surface area contributed by atoms with Gasteiger partial charge in [0.2, 0.25) is 0 Å². The Kier molecular flexibility index (Phi) is 4.48. The van der Waals surface area contributed by atoms with Crippen LogP contribution in [0.3, 0.4) is 0 Å². The highest BCUT2D eigenvalue weighted by Gasteiger charge is 2.24. The number of carbonyl (C=O) groups excluding carboxylic acids is 1. The molecule has 8 nitrogen and oxygen atoms in total. The number of nitrogens with one attached hydrogen (secondary N) is 1. The van der Waals surface area contributed by atoms with Gasteiger partial charge in [0.15, 0.2) is 5.82 Å². The monoisotopic (exact) mass is 420 g/mol. The number of hydrogen-bond donors (Lipinski definition) is 1. The molecule has 0 saturated heterocycles. The van der Waals surface area contributed by atoms with Crippen molar-refractivity contribution in [3.05, 3.63) is 66.2 Å². The van der Waals surface area contributed by atoms with Gasteiger partial charge in [-0.25, -0.2) is 9.67 Å². The van der Waals surface area contributed by atoms with Crippen molar-refractivity contribution in [3.63, 3.8) is 0 Å².